The second kappa shape index (κ2) is 5.84. The maximum Gasteiger partial charge on any atom is 0.338 e. The Hall–Kier alpha value is -2.95. The molecule has 1 saturated carbocycles. The fraction of sp³-hybridized carbons (Fsp3) is 0.250. The van der Waals surface area contributed by atoms with E-state index in [1.54, 1.807) is 18.2 Å². The number of anilines is 1. The first-order valence-corrected chi connectivity index (χ1v) is 8.27. The smallest absolute Gasteiger partial charge is 0.338 e. The van der Waals surface area contributed by atoms with Gasteiger partial charge in [0.15, 0.2) is 0 Å². The molecule has 4 rings (SSSR count). The standard InChI is InChI=1S/C20H17NO4/c22-17(11-20(8-9-20)14-4-2-1-3-5-14)18(23)21-15-6-7-16-13(10-15)12-25-19(16)24/h1-7,10H,8-9,11-12H2,(H,21,23). The van der Waals surface area contributed by atoms with Gasteiger partial charge in [-0.25, -0.2) is 4.79 Å². The molecule has 0 aromatic heterocycles. The van der Waals surface area contributed by atoms with Crippen LogP contribution in [-0.4, -0.2) is 17.7 Å². The maximum absolute atomic E-state index is 12.4. The SMILES string of the molecule is O=C(CC1(c2ccccc2)CC1)C(=O)Nc1ccc2c(c1)COC2=O. The van der Waals surface area contributed by atoms with Crippen LogP contribution in [0.15, 0.2) is 48.5 Å². The molecule has 1 N–H and O–H groups in total. The topological polar surface area (TPSA) is 72.5 Å². The van der Waals surface area contributed by atoms with Crippen molar-refractivity contribution in [1.82, 2.24) is 0 Å². The Bertz CT molecular complexity index is 869. The lowest BCUT2D eigenvalue weighted by Gasteiger charge is -2.14. The highest BCUT2D eigenvalue weighted by atomic mass is 16.5. The minimum atomic E-state index is -0.618. The molecule has 1 heterocycles. The number of ether oxygens (including phenoxy) is 1. The van der Waals surface area contributed by atoms with Crippen LogP contribution in [0.5, 0.6) is 0 Å². The molecule has 1 amide bonds. The van der Waals surface area contributed by atoms with Crippen molar-refractivity contribution in [2.45, 2.75) is 31.3 Å². The van der Waals surface area contributed by atoms with E-state index in [0.29, 0.717) is 11.3 Å². The Morgan fingerprint density at radius 3 is 2.56 bits per heavy atom. The van der Waals surface area contributed by atoms with E-state index in [1.807, 2.05) is 30.3 Å². The molecule has 1 aliphatic heterocycles. The number of nitrogens with one attached hydrogen (secondary N) is 1. The number of benzene rings is 2. The number of rotatable bonds is 5. The first-order valence-electron chi connectivity index (χ1n) is 8.27. The van der Waals surface area contributed by atoms with Crippen LogP contribution in [0.1, 0.15) is 40.7 Å². The molecule has 1 fully saturated rings. The molecule has 25 heavy (non-hydrogen) atoms. The van der Waals surface area contributed by atoms with Crippen molar-refractivity contribution in [3.63, 3.8) is 0 Å². The van der Waals surface area contributed by atoms with Gasteiger partial charge in [0, 0.05) is 23.1 Å². The second-order valence-corrected chi connectivity index (χ2v) is 6.65. The van der Waals surface area contributed by atoms with Crippen LogP contribution in [0, 0.1) is 0 Å². The van der Waals surface area contributed by atoms with Crippen LogP contribution < -0.4 is 5.32 Å². The monoisotopic (exact) mass is 335 g/mol. The number of carbonyl (C=O) groups excluding carboxylic acids is 3. The molecule has 0 atom stereocenters. The van der Waals surface area contributed by atoms with Crippen LogP contribution in [0.25, 0.3) is 0 Å². The van der Waals surface area contributed by atoms with E-state index >= 15 is 0 Å². The third-order valence-electron chi connectivity index (χ3n) is 4.93. The predicted molar refractivity (Wildman–Crippen MR) is 91.2 cm³/mol. The van der Waals surface area contributed by atoms with Gasteiger partial charge in [-0.3, -0.25) is 9.59 Å². The summed E-state index contributed by atoms with van der Waals surface area (Å²) in [4.78, 5) is 36.1. The summed E-state index contributed by atoms with van der Waals surface area (Å²) in [5.74, 6) is -1.40. The Morgan fingerprint density at radius 2 is 1.84 bits per heavy atom. The van der Waals surface area contributed by atoms with Gasteiger partial charge < -0.3 is 10.1 Å². The number of carbonyl (C=O) groups is 3. The third kappa shape index (κ3) is 2.93. The molecular weight excluding hydrogens is 318 g/mol. The molecule has 2 aliphatic rings. The normalized spacial score (nSPS) is 16.7. The number of esters is 1. The van der Waals surface area contributed by atoms with Gasteiger partial charge in [0.25, 0.3) is 5.91 Å². The molecule has 2 aromatic rings. The highest BCUT2D eigenvalue weighted by Crippen LogP contribution is 2.51. The predicted octanol–water partition coefficient (Wildman–Crippen LogP) is 2.99. The number of hydrogen-bond donors (Lipinski definition) is 1. The fourth-order valence-corrected chi connectivity index (χ4v) is 3.31. The van der Waals surface area contributed by atoms with Gasteiger partial charge in [0.2, 0.25) is 5.78 Å². The number of ketones is 1. The molecule has 2 aromatic carbocycles. The molecule has 0 saturated heterocycles. The van der Waals surface area contributed by atoms with Crippen molar-refractivity contribution in [3.8, 4) is 0 Å². The maximum atomic E-state index is 12.4. The summed E-state index contributed by atoms with van der Waals surface area (Å²) in [6.07, 6.45) is 2.07. The van der Waals surface area contributed by atoms with Crippen molar-refractivity contribution < 1.29 is 19.1 Å². The molecule has 0 radical (unpaired) electrons. The molecule has 1 aliphatic carbocycles. The van der Waals surface area contributed by atoms with E-state index in [1.165, 1.54) is 0 Å². The lowest BCUT2D eigenvalue weighted by Crippen LogP contribution is -2.26. The Kier molecular flexibility index (Phi) is 3.64. The second-order valence-electron chi connectivity index (χ2n) is 6.65. The van der Waals surface area contributed by atoms with Crippen molar-refractivity contribution in [2.24, 2.45) is 0 Å². The Morgan fingerprint density at radius 1 is 1.08 bits per heavy atom. The summed E-state index contributed by atoms with van der Waals surface area (Å²) in [6.45, 7) is 0.197. The molecule has 126 valence electrons. The van der Waals surface area contributed by atoms with Crippen LogP contribution in [0.2, 0.25) is 0 Å². The molecular formula is C20H17NO4. The third-order valence-corrected chi connectivity index (χ3v) is 4.93. The average molecular weight is 335 g/mol. The van der Waals surface area contributed by atoms with E-state index in [2.05, 4.69) is 5.32 Å². The van der Waals surface area contributed by atoms with Gasteiger partial charge in [-0.2, -0.15) is 0 Å². The van der Waals surface area contributed by atoms with E-state index < -0.39 is 11.7 Å². The summed E-state index contributed by atoms with van der Waals surface area (Å²) < 4.78 is 4.94. The fourth-order valence-electron chi connectivity index (χ4n) is 3.31. The van der Waals surface area contributed by atoms with Crippen molar-refractivity contribution in [1.29, 1.82) is 0 Å². The van der Waals surface area contributed by atoms with Gasteiger partial charge in [-0.15, -0.1) is 0 Å². The zero-order valence-electron chi connectivity index (χ0n) is 13.6. The Balaban J connectivity index is 1.43. The van der Waals surface area contributed by atoms with E-state index in [0.717, 1.165) is 24.0 Å². The number of amides is 1. The summed E-state index contributed by atoms with van der Waals surface area (Å²) in [7, 11) is 0. The molecule has 0 bridgehead atoms. The lowest BCUT2D eigenvalue weighted by atomic mass is 9.90. The molecule has 0 unspecified atom stereocenters. The first-order chi connectivity index (χ1) is 12.1. The van der Waals surface area contributed by atoms with E-state index in [9.17, 15) is 14.4 Å². The summed E-state index contributed by atoms with van der Waals surface area (Å²) in [6, 6.07) is 14.8. The summed E-state index contributed by atoms with van der Waals surface area (Å²) >= 11 is 0. The van der Waals surface area contributed by atoms with Crippen molar-refractivity contribution in [2.75, 3.05) is 5.32 Å². The van der Waals surface area contributed by atoms with E-state index in [-0.39, 0.29) is 24.4 Å². The minimum Gasteiger partial charge on any atom is -0.457 e. The van der Waals surface area contributed by atoms with Gasteiger partial charge >= 0.3 is 5.97 Å². The van der Waals surface area contributed by atoms with Gasteiger partial charge in [0.05, 0.1) is 5.56 Å². The van der Waals surface area contributed by atoms with Gasteiger partial charge in [-0.05, 0) is 36.6 Å². The van der Waals surface area contributed by atoms with Crippen LogP contribution in [-0.2, 0) is 26.3 Å². The largest absolute Gasteiger partial charge is 0.457 e. The van der Waals surface area contributed by atoms with Crippen molar-refractivity contribution >= 4 is 23.3 Å². The molecule has 0 spiro atoms. The van der Waals surface area contributed by atoms with E-state index in [4.69, 9.17) is 4.74 Å². The van der Waals surface area contributed by atoms with Crippen LogP contribution in [0.4, 0.5) is 5.69 Å². The lowest BCUT2D eigenvalue weighted by molar-refractivity contribution is -0.135. The highest BCUT2D eigenvalue weighted by Gasteiger charge is 2.46. The van der Waals surface area contributed by atoms with Crippen LogP contribution in [0.3, 0.4) is 0 Å². The quantitative estimate of drug-likeness (QED) is 0.673. The minimum absolute atomic E-state index is 0.187. The summed E-state index contributed by atoms with van der Waals surface area (Å²) in [5.41, 5.74) is 2.65. The van der Waals surface area contributed by atoms with Crippen molar-refractivity contribution in [3.05, 3.63) is 65.2 Å². The highest BCUT2D eigenvalue weighted by molar-refractivity contribution is 6.40. The number of Topliss-reactive ketones (excluding diaryl/α,β-unsaturated/α-hetero) is 1. The average Bonchev–Trinajstić information content (AvgIpc) is 3.32. The van der Waals surface area contributed by atoms with Crippen LogP contribution >= 0.6 is 0 Å². The first kappa shape index (κ1) is 15.6. The summed E-state index contributed by atoms with van der Waals surface area (Å²) in [5, 5.41) is 2.63. The zero-order chi connectivity index (χ0) is 17.4. The Labute approximate surface area is 145 Å². The number of hydrogen-bond acceptors (Lipinski definition) is 4. The molecule has 5 heteroatoms. The van der Waals surface area contributed by atoms with Gasteiger partial charge in [0.1, 0.15) is 6.61 Å². The van der Waals surface area contributed by atoms with Gasteiger partial charge in [-0.1, -0.05) is 30.3 Å². The zero-order valence-corrected chi connectivity index (χ0v) is 13.6. The number of cyclic esters (lactones) is 1. The number of fused-ring (bicyclic) bond motifs is 1. The molecule has 5 nitrogen and oxygen atoms in total.